The molecule has 2 amide bonds. The highest BCUT2D eigenvalue weighted by molar-refractivity contribution is 7.91. The molecule has 2 atom stereocenters. The van der Waals surface area contributed by atoms with Gasteiger partial charge in [-0.3, -0.25) is 9.47 Å². The number of carbonyl (C=O) groups is 2. The summed E-state index contributed by atoms with van der Waals surface area (Å²) in [5.41, 5.74) is 1.05. The van der Waals surface area contributed by atoms with Gasteiger partial charge in [-0.1, -0.05) is 12.1 Å². The van der Waals surface area contributed by atoms with Crippen LogP contribution in [0.3, 0.4) is 0 Å². The lowest BCUT2D eigenvalue weighted by Gasteiger charge is -2.39. The van der Waals surface area contributed by atoms with Gasteiger partial charge in [0.2, 0.25) is 0 Å². The second-order valence-corrected chi connectivity index (χ2v) is 13.2. The molecule has 1 aromatic heterocycles. The molecular weight excluding hydrogens is 510 g/mol. The predicted molar refractivity (Wildman–Crippen MR) is 143 cm³/mol. The molecule has 3 fully saturated rings. The van der Waals surface area contributed by atoms with Gasteiger partial charge in [-0.25, -0.2) is 27.4 Å². The van der Waals surface area contributed by atoms with Crippen LogP contribution in [0.25, 0.3) is 11.0 Å². The van der Waals surface area contributed by atoms with E-state index < -0.39 is 15.9 Å². The number of nitrogens with one attached hydrogen (secondary N) is 1. The van der Waals surface area contributed by atoms with Crippen molar-refractivity contribution in [1.82, 2.24) is 24.3 Å². The molecule has 0 aliphatic carbocycles. The van der Waals surface area contributed by atoms with Crippen molar-refractivity contribution in [3.63, 3.8) is 0 Å². The number of piperidine rings is 1. The lowest BCUT2D eigenvalue weighted by molar-refractivity contribution is 0.0851. The first-order chi connectivity index (χ1) is 18.1. The average Bonchev–Trinajstić information content (AvgIpc) is 3.29. The summed E-state index contributed by atoms with van der Waals surface area (Å²) in [6.07, 6.45) is 4.02. The van der Waals surface area contributed by atoms with Gasteiger partial charge in [0.15, 0.2) is 9.84 Å². The first-order valence-electron chi connectivity index (χ1n) is 13.6. The van der Waals surface area contributed by atoms with Gasteiger partial charge in [0.1, 0.15) is 0 Å². The van der Waals surface area contributed by atoms with Crippen molar-refractivity contribution < 1.29 is 22.7 Å². The van der Waals surface area contributed by atoms with Crippen LogP contribution in [0.15, 0.2) is 29.1 Å². The summed E-state index contributed by atoms with van der Waals surface area (Å²) in [5.74, 6) is -0.0171. The Morgan fingerprint density at radius 1 is 1.05 bits per heavy atom. The quantitative estimate of drug-likeness (QED) is 0.550. The van der Waals surface area contributed by atoms with Crippen LogP contribution in [0.4, 0.5) is 9.59 Å². The first kappa shape index (κ1) is 26.7. The van der Waals surface area contributed by atoms with E-state index in [2.05, 4.69) is 10.2 Å². The Morgan fingerprint density at radius 2 is 1.68 bits per heavy atom. The lowest BCUT2D eigenvalue weighted by atomic mass is 9.97. The molecule has 1 aromatic carbocycles. The third-order valence-corrected chi connectivity index (χ3v) is 9.71. The van der Waals surface area contributed by atoms with Crippen LogP contribution in [0.2, 0.25) is 0 Å². The molecule has 0 spiro atoms. The minimum Gasteiger partial charge on any atom is -0.449 e. The van der Waals surface area contributed by atoms with Gasteiger partial charge in [-0.2, -0.15) is 0 Å². The molecule has 5 rings (SSSR count). The molecule has 3 aliphatic heterocycles. The van der Waals surface area contributed by atoms with Crippen molar-refractivity contribution in [3.8, 4) is 0 Å². The van der Waals surface area contributed by atoms with Gasteiger partial charge in [0, 0.05) is 43.8 Å². The number of sulfone groups is 1. The number of hydrogen-bond acceptors (Lipinski definition) is 7. The highest BCUT2D eigenvalue weighted by Gasteiger charge is 2.41. The predicted octanol–water partition coefficient (Wildman–Crippen LogP) is 2.19. The average molecular weight is 548 g/mol. The Bertz CT molecular complexity index is 1340. The van der Waals surface area contributed by atoms with Gasteiger partial charge in [0.05, 0.1) is 29.1 Å². The van der Waals surface area contributed by atoms with E-state index in [0.29, 0.717) is 30.6 Å². The minimum absolute atomic E-state index is 0.00230. The summed E-state index contributed by atoms with van der Waals surface area (Å²) in [5, 5.41) is 3.13. The molecule has 208 valence electrons. The summed E-state index contributed by atoms with van der Waals surface area (Å²) >= 11 is 0. The van der Waals surface area contributed by atoms with Gasteiger partial charge < -0.3 is 15.0 Å². The molecule has 4 heterocycles. The second kappa shape index (κ2) is 10.7. The number of fused-ring (bicyclic) bond motifs is 3. The van der Waals surface area contributed by atoms with E-state index in [1.807, 2.05) is 38.1 Å². The molecule has 1 N–H and O–H groups in total. The summed E-state index contributed by atoms with van der Waals surface area (Å²) in [7, 11) is -3.04. The largest absolute Gasteiger partial charge is 0.449 e. The van der Waals surface area contributed by atoms with E-state index in [4.69, 9.17) is 4.74 Å². The summed E-state index contributed by atoms with van der Waals surface area (Å²) < 4.78 is 31.4. The fraction of sp³-hybridized carbons (Fsp3) is 0.654. The molecule has 2 unspecified atom stereocenters. The number of benzene rings is 1. The third-order valence-electron chi connectivity index (χ3n) is 8.10. The van der Waals surface area contributed by atoms with E-state index in [9.17, 15) is 22.8 Å². The Kier molecular flexibility index (Phi) is 7.54. The molecule has 0 saturated carbocycles. The first-order valence-corrected chi connectivity index (χ1v) is 15.4. The van der Waals surface area contributed by atoms with Crippen LogP contribution in [-0.2, 0) is 14.6 Å². The fourth-order valence-corrected chi connectivity index (χ4v) is 7.46. The van der Waals surface area contributed by atoms with Crippen LogP contribution in [-0.4, -0.2) is 95.3 Å². The maximum absolute atomic E-state index is 13.3. The molecule has 2 aromatic rings. The standard InChI is InChI=1S/C26H37N5O6S/c1-18(2)30-22-6-3-4-7-23(22)31(25(30)33)24(32)27-19-16-20-8-9-21(17-19)29(20)10-5-13-37-26(34)28-11-14-38(35,36)15-12-28/h3-4,6-7,18-21H,5,8-17H2,1-2H3,(H,27,32). The van der Waals surface area contributed by atoms with Crippen molar-refractivity contribution in [2.24, 2.45) is 0 Å². The van der Waals surface area contributed by atoms with Gasteiger partial charge in [-0.05, 0) is 58.1 Å². The second-order valence-electron chi connectivity index (χ2n) is 10.9. The zero-order valence-corrected chi connectivity index (χ0v) is 22.9. The highest BCUT2D eigenvalue weighted by atomic mass is 32.2. The highest BCUT2D eigenvalue weighted by Crippen LogP contribution is 2.35. The number of para-hydroxylation sites is 2. The SMILES string of the molecule is CC(C)n1c(=O)n(C(=O)NC2CC3CCC(C2)N3CCCOC(=O)N2CCS(=O)(=O)CC2)c2ccccc21. The topological polar surface area (TPSA) is 123 Å². The van der Waals surface area contributed by atoms with E-state index in [1.54, 1.807) is 4.57 Å². The van der Waals surface area contributed by atoms with Gasteiger partial charge in [-0.15, -0.1) is 0 Å². The van der Waals surface area contributed by atoms with Gasteiger partial charge in [0.25, 0.3) is 0 Å². The van der Waals surface area contributed by atoms with Crippen LogP contribution in [0.1, 0.15) is 52.0 Å². The normalized spacial score (nSPS) is 25.1. The molecule has 0 radical (unpaired) electrons. The van der Waals surface area contributed by atoms with E-state index in [0.717, 1.165) is 37.7 Å². The van der Waals surface area contributed by atoms with Crippen molar-refractivity contribution in [2.75, 3.05) is 37.7 Å². The van der Waals surface area contributed by atoms with Crippen molar-refractivity contribution >= 4 is 33.0 Å². The number of hydrogen-bond donors (Lipinski definition) is 1. The molecule has 2 bridgehead atoms. The van der Waals surface area contributed by atoms with Crippen molar-refractivity contribution in [1.29, 1.82) is 0 Å². The number of imidazole rings is 1. The number of amides is 2. The van der Waals surface area contributed by atoms with Crippen molar-refractivity contribution in [3.05, 3.63) is 34.7 Å². The third kappa shape index (κ3) is 5.33. The Labute approximate surface area is 222 Å². The Balaban J connectivity index is 1.13. The smallest absolute Gasteiger partial charge is 0.409 e. The Morgan fingerprint density at radius 3 is 2.32 bits per heavy atom. The van der Waals surface area contributed by atoms with E-state index in [1.165, 1.54) is 9.47 Å². The molecular formula is C26H37N5O6S. The Hall–Kier alpha value is -2.86. The maximum Gasteiger partial charge on any atom is 0.409 e. The van der Waals surface area contributed by atoms with Gasteiger partial charge >= 0.3 is 17.8 Å². The molecule has 3 saturated heterocycles. The molecule has 12 heteroatoms. The number of carbonyl (C=O) groups excluding carboxylic acids is 2. The van der Waals surface area contributed by atoms with Crippen LogP contribution in [0.5, 0.6) is 0 Å². The number of rotatable bonds is 6. The van der Waals surface area contributed by atoms with Crippen LogP contribution in [0, 0.1) is 0 Å². The fourth-order valence-electron chi connectivity index (χ4n) is 6.26. The van der Waals surface area contributed by atoms with E-state index in [-0.39, 0.29) is 48.4 Å². The maximum atomic E-state index is 13.3. The number of nitrogens with zero attached hydrogens (tertiary/aromatic N) is 4. The van der Waals surface area contributed by atoms with Crippen LogP contribution >= 0.6 is 0 Å². The monoisotopic (exact) mass is 547 g/mol. The summed E-state index contributed by atoms with van der Waals surface area (Å²) in [4.78, 5) is 42.6. The lowest BCUT2D eigenvalue weighted by Crippen LogP contribution is -2.52. The molecule has 38 heavy (non-hydrogen) atoms. The molecule has 3 aliphatic rings. The molecule has 11 nitrogen and oxygen atoms in total. The zero-order chi connectivity index (χ0) is 27.0. The zero-order valence-electron chi connectivity index (χ0n) is 22.0. The minimum atomic E-state index is -3.04. The van der Waals surface area contributed by atoms with Crippen LogP contribution < -0.4 is 11.0 Å². The summed E-state index contributed by atoms with van der Waals surface area (Å²) in [6.45, 7) is 5.35. The van der Waals surface area contributed by atoms with E-state index >= 15 is 0 Å². The number of ether oxygens (including phenoxy) is 1. The summed E-state index contributed by atoms with van der Waals surface area (Å²) in [6, 6.07) is 7.64. The van der Waals surface area contributed by atoms with Crippen molar-refractivity contribution in [2.45, 2.75) is 70.1 Å². The number of aromatic nitrogens is 2.